The van der Waals surface area contributed by atoms with Crippen molar-refractivity contribution in [2.24, 2.45) is 7.05 Å². The van der Waals surface area contributed by atoms with Gasteiger partial charge in [-0.25, -0.2) is 4.79 Å². The van der Waals surface area contributed by atoms with Crippen LogP contribution in [0.1, 0.15) is 41.4 Å². The lowest BCUT2D eigenvalue weighted by Crippen LogP contribution is -2.41. The highest BCUT2D eigenvalue weighted by atomic mass is 16.5. The molecule has 9 nitrogen and oxygen atoms in total. The number of nitrogens with one attached hydrogen (secondary N) is 1. The first-order chi connectivity index (χ1) is 16.3. The number of carboxylic acids is 1. The number of carbonyl (C=O) groups is 3. The SMILES string of the molecule is CC(C)N(CC(=O)O)C(=O)c1nn(C)cc1NC(=O)OCC1c2ccccc2-c2ccccc21. The number of amides is 2. The molecule has 0 saturated heterocycles. The molecule has 4 rings (SSSR count). The Morgan fingerprint density at radius 1 is 1.09 bits per heavy atom. The lowest BCUT2D eigenvalue weighted by atomic mass is 9.98. The summed E-state index contributed by atoms with van der Waals surface area (Å²) in [7, 11) is 1.61. The molecule has 3 aromatic rings. The normalized spacial score (nSPS) is 12.2. The van der Waals surface area contributed by atoms with Crippen molar-refractivity contribution in [1.29, 1.82) is 0 Å². The average Bonchev–Trinajstić information content (AvgIpc) is 3.32. The summed E-state index contributed by atoms with van der Waals surface area (Å²) in [6, 6.07) is 15.7. The van der Waals surface area contributed by atoms with Gasteiger partial charge in [-0.2, -0.15) is 5.10 Å². The van der Waals surface area contributed by atoms with Crippen LogP contribution in [0.15, 0.2) is 54.7 Å². The summed E-state index contributed by atoms with van der Waals surface area (Å²) in [6.07, 6.45) is 0.756. The van der Waals surface area contributed by atoms with Crippen LogP contribution in [0.3, 0.4) is 0 Å². The number of aliphatic carboxylic acids is 1. The summed E-state index contributed by atoms with van der Waals surface area (Å²) in [5, 5.41) is 15.9. The minimum absolute atomic E-state index is 0.0500. The van der Waals surface area contributed by atoms with Crippen LogP contribution in [-0.4, -0.2) is 57.0 Å². The molecule has 0 aliphatic heterocycles. The Morgan fingerprint density at radius 3 is 2.24 bits per heavy atom. The van der Waals surface area contributed by atoms with Gasteiger partial charge in [0.25, 0.3) is 5.91 Å². The maximum Gasteiger partial charge on any atom is 0.411 e. The third-order valence-electron chi connectivity index (χ3n) is 5.80. The lowest BCUT2D eigenvalue weighted by molar-refractivity contribution is -0.138. The summed E-state index contributed by atoms with van der Waals surface area (Å²) in [5.74, 6) is -1.82. The Hall–Kier alpha value is -4.14. The van der Waals surface area contributed by atoms with Crippen molar-refractivity contribution in [2.75, 3.05) is 18.5 Å². The van der Waals surface area contributed by atoms with Crippen molar-refractivity contribution < 1.29 is 24.2 Å². The molecule has 1 aliphatic rings. The monoisotopic (exact) mass is 462 g/mol. The second kappa shape index (κ2) is 9.38. The molecule has 0 bridgehead atoms. The first kappa shape index (κ1) is 23.0. The van der Waals surface area contributed by atoms with E-state index in [4.69, 9.17) is 9.84 Å². The summed E-state index contributed by atoms with van der Waals surface area (Å²) >= 11 is 0. The van der Waals surface area contributed by atoms with E-state index in [9.17, 15) is 14.4 Å². The Labute approximate surface area is 196 Å². The molecule has 2 amide bonds. The zero-order valence-electron chi connectivity index (χ0n) is 19.2. The molecule has 0 atom stereocenters. The van der Waals surface area contributed by atoms with Crippen molar-refractivity contribution in [3.63, 3.8) is 0 Å². The zero-order chi connectivity index (χ0) is 24.4. The maximum atomic E-state index is 13.0. The molecule has 0 unspecified atom stereocenters. The first-order valence-electron chi connectivity index (χ1n) is 10.9. The molecule has 0 fully saturated rings. The van der Waals surface area contributed by atoms with Gasteiger partial charge >= 0.3 is 12.1 Å². The van der Waals surface area contributed by atoms with E-state index in [1.165, 1.54) is 15.8 Å². The summed E-state index contributed by atoms with van der Waals surface area (Å²) in [4.78, 5) is 38.0. The Balaban J connectivity index is 1.49. The number of ether oxygens (including phenoxy) is 1. The van der Waals surface area contributed by atoms with Crippen LogP contribution in [0.2, 0.25) is 0 Å². The molecule has 0 spiro atoms. The first-order valence-corrected chi connectivity index (χ1v) is 10.9. The molecular weight excluding hydrogens is 436 g/mol. The van der Waals surface area contributed by atoms with Crippen LogP contribution in [-0.2, 0) is 16.6 Å². The fraction of sp³-hybridized carbons (Fsp3) is 0.280. The Bertz CT molecular complexity index is 1200. The number of aromatic nitrogens is 2. The van der Waals surface area contributed by atoms with Gasteiger partial charge in [0.1, 0.15) is 13.2 Å². The van der Waals surface area contributed by atoms with Crippen molar-refractivity contribution >= 4 is 23.7 Å². The van der Waals surface area contributed by atoms with Crippen molar-refractivity contribution in [1.82, 2.24) is 14.7 Å². The molecule has 1 aliphatic carbocycles. The predicted molar refractivity (Wildman–Crippen MR) is 126 cm³/mol. The second-order valence-electron chi connectivity index (χ2n) is 8.44. The Morgan fingerprint density at radius 2 is 1.68 bits per heavy atom. The second-order valence-corrected chi connectivity index (χ2v) is 8.44. The fourth-order valence-electron chi connectivity index (χ4n) is 4.25. The van der Waals surface area contributed by atoms with Gasteiger partial charge in [-0.3, -0.25) is 19.6 Å². The third-order valence-corrected chi connectivity index (χ3v) is 5.80. The molecular formula is C25H26N4O5. The van der Waals surface area contributed by atoms with Crippen LogP contribution in [0.25, 0.3) is 11.1 Å². The fourth-order valence-corrected chi connectivity index (χ4v) is 4.25. The van der Waals surface area contributed by atoms with Crippen LogP contribution < -0.4 is 5.32 Å². The van der Waals surface area contributed by atoms with E-state index in [1.54, 1.807) is 20.9 Å². The Kier molecular flexibility index (Phi) is 6.36. The number of benzene rings is 2. The highest BCUT2D eigenvalue weighted by molar-refractivity contribution is 6.02. The van der Waals surface area contributed by atoms with Crippen molar-refractivity contribution in [2.45, 2.75) is 25.8 Å². The van der Waals surface area contributed by atoms with Gasteiger partial charge in [-0.1, -0.05) is 48.5 Å². The van der Waals surface area contributed by atoms with Gasteiger partial charge in [0.15, 0.2) is 5.69 Å². The van der Waals surface area contributed by atoms with Gasteiger partial charge in [-0.15, -0.1) is 0 Å². The predicted octanol–water partition coefficient (Wildman–Crippen LogP) is 3.72. The lowest BCUT2D eigenvalue weighted by Gasteiger charge is -2.24. The van der Waals surface area contributed by atoms with E-state index in [2.05, 4.69) is 22.5 Å². The third kappa shape index (κ3) is 4.50. The highest BCUT2D eigenvalue weighted by Gasteiger charge is 2.30. The van der Waals surface area contributed by atoms with E-state index in [0.717, 1.165) is 22.3 Å². The molecule has 0 saturated carbocycles. The standard InChI is InChI=1S/C25H26N4O5/c1-15(2)29(13-22(30)31)24(32)23-21(12-28(3)27-23)26-25(33)34-14-20-18-10-6-4-8-16(18)17-9-5-7-11-19(17)20/h4-12,15,20H,13-14H2,1-3H3,(H,26,33)(H,30,31). The summed E-state index contributed by atoms with van der Waals surface area (Å²) < 4.78 is 6.93. The number of anilines is 1. The molecule has 9 heteroatoms. The van der Waals surface area contributed by atoms with Crippen LogP contribution >= 0.6 is 0 Å². The van der Waals surface area contributed by atoms with E-state index < -0.39 is 24.5 Å². The molecule has 0 radical (unpaired) electrons. The minimum atomic E-state index is -1.14. The van der Waals surface area contributed by atoms with Crippen LogP contribution in [0.4, 0.5) is 10.5 Å². The van der Waals surface area contributed by atoms with E-state index in [0.29, 0.717) is 0 Å². The summed E-state index contributed by atoms with van der Waals surface area (Å²) in [6.45, 7) is 3.07. The van der Waals surface area contributed by atoms with E-state index in [1.807, 2.05) is 36.4 Å². The van der Waals surface area contributed by atoms with Gasteiger partial charge in [0.2, 0.25) is 0 Å². The number of hydrogen-bond acceptors (Lipinski definition) is 5. The maximum absolute atomic E-state index is 13.0. The topological polar surface area (TPSA) is 114 Å². The van der Waals surface area contributed by atoms with Crippen LogP contribution in [0.5, 0.6) is 0 Å². The number of carbonyl (C=O) groups excluding carboxylic acids is 2. The average molecular weight is 463 g/mol. The number of fused-ring (bicyclic) bond motifs is 3. The van der Waals surface area contributed by atoms with Gasteiger partial charge in [0.05, 0.1) is 5.69 Å². The molecule has 1 heterocycles. The molecule has 1 aromatic heterocycles. The highest BCUT2D eigenvalue weighted by Crippen LogP contribution is 2.44. The van der Waals surface area contributed by atoms with Gasteiger partial charge in [-0.05, 0) is 36.1 Å². The quantitative estimate of drug-likeness (QED) is 0.553. The smallest absolute Gasteiger partial charge is 0.411 e. The summed E-state index contributed by atoms with van der Waals surface area (Å²) in [5.41, 5.74) is 4.54. The van der Waals surface area contributed by atoms with Crippen LogP contribution in [0, 0.1) is 0 Å². The number of aryl methyl sites for hydroxylation is 1. The number of rotatable bonds is 7. The number of carboxylic acid groups (broad SMARTS) is 1. The van der Waals surface area contributed by atoms with Crippen molar-refractivity contribution in [3.05, 3.63) is 71.5 Å². The molecule has 2 aromatic carbocycles. The van der Waals surface area contributed by atoms with Crippen molar-refractivity contribution in [3.8, 4) is 11.1 Å². The van der Waals surface area contributed by atoms with Gasteiger partial charge in [0, 0.05) is 25.2 Å². The van der Waals surface area contributed by atoms with Gasteiger partial charge < -0.3 is 14.7 Å². The number of hydrogen-bond donors (Lipinski definition) is 2. The molecule has 2 N–H and O–H groups in total. The van der Waals surface area contributed by atoms with E-state index in [-0.39, 0.29) is 29.9 Å². The molecule has 176 valence electrons. The molecule has 34 heavy (non-hydrogen) atoms. The number of nitrogens with zero attached hydrogens (tertiary/aromatic N) is 3. The zero-order valence-corrected chi connectivity index (χ0v) is 19.2. The largest absolute Gasteiger partial charge is 0.480 e. The minimum Gasteiger partial charge on any atom is -0.480 e. The van der Waals surface area contributed by atoms with E-state index >= 15 is 0 Å².